The van der Waals surface area contributed by atoms with Gasteiger partial charge in [0.1, 0.15) is 18.1 Å². The Morgan fingerprint density at radius 2 is 1.87 bits per heavy atom. The number of methoxy groups -OCH3 is 2. The number of halogens is 2. The van der Waals surface area contributed by atoms with E-state index < -0.39 is 23.8 Å². The van der Waals surface area contributed by atoms with Crippen molar-refractivity contribution in [3.8, 4) is 0 Å². The van der Waals surface area contributed by atoms with Crippen LogP contribution in [0, 0.1) is 11.7 Å². The summed E-state index contributed by atoms with van der Waals surface area (Å²) in [6.45, 7) is 0. The third-order valence-electron chi connectivity index (χ3n) is 6.79. The molecule has 38 heavy (non-hydrogen) atoms. The van der Waals surface area contributed by atoms with Crippen LogP contribution >= 0.6 is 22.9 Å². The van der Waals surface area contributed by atoms with E-state index in [0.29, 0.717) is 53.7 Å². The molecule has 12 heteroatoms. The van der Waals surface area contributed by atoms with Crippen LogP contribution in [0.3, 0.4) is 0 Å². The van der Waals surface area contributed by atoms with Crippen molar-refractivity contribution in [3.63, 3.8) is 0 Å². The lowest BCUT2D eigenvalue weighted by Gasteiger charge is -2.34. The predicted molar refractivity (Wildman–Crippen MR) is 138 cm³/mol. The van der Waals surface area contributed by atoms with Crippen molar-refractivity contribution >= 4 is 40.7 Å². The minimum atomic E-state index is -0.882. The van der Waals surface area contributed by atoms with Gasteiger partial charge in [-0.25, -0.2) is 23.9 Å². The number of esters is 2. The van der Waals surface area contributed by atoms with Gasteiger partial charge in [-0.05, 0) is 37.7 Å². The number of nitrogens with zero attached hydrogens (tertiary/aromatic N) is 3. The quantitative estimate of drug-likeness (QED) is 0.410. The zero-order valence-electron chi connectivity index (χ0n) is 20.6. The Morgan fingerprint density at radius 1 is 1.13 bits per heavy atom. The van der Waals surface area contributed by atoms with Gasteiger partial charge in [-0.2, -0.15) is 0 Å². The van der Waals surface area contributed by atoms with Gasteiger partial charge in [0, 0.05) is 28.8 Å². The molecule has 1 aromatic carbocycles. The Morgan fingerprint density at radius 3 is 2.55 bits per heavy atom. The standard InChI is InChI=1S/C26H24ClFN4O5S/c1-35-25(33)17-12-37-23(30-17)14-8-6-13(7-9-14)20-18(26(34)36-2)21(15-4-3-5-16(28)19(15)27)32-22(31-20)24-29-10-11-38-24/h3-5,10-14,21H,6-9H2,1-2H3,(H,31,32)/t13-,14+,21?. The maximum absolute atomic E-state index is 14.5. The van der Waals surface area contributed by atoms with Crippen LogP contribution in [0.25, 0.3) is 0 Å². The van der Waals surface area contributed by atoms with Crippen LogP contribution in [0.15, 0.2) is 56.7 Å². The number of rotatable bonds is 6. The molecule has 2 aromatic heterocycles. The van der Waals surface area contributed by atoms with E-state index in [9.17, 15) is 14.0 Å². The summed E-state index contributed by atoms with van der Waals surface area (Å²) in [5.41, 5.74) is 1.44. The number of carbonyl (C=O) groups excluding carboxylic acids is 2. The number of hydrogen-bond donors (Lipinski definition) is 1. The van der Waals surface area contributed by atoms with E-state index in [4.69, 9.17) is 30.5 Å². The zero-order chi connectivity index (χ0) is 26.8. The van der Waals surface area contributed by atoms with E-state index in [2.05, 4.69) is 15.3 Å². The lowest BCUT2D eigenvalue weighted by molar-refractivity contribution is -0.136. The summed E-state index contributed by atoms with van der Waals surface area (Å²) < 4.78 is 29.9. The SMILES string of the molecule is COC(=O)C1=C([C@H]2CC[C@@H](c3nc(C(=O)OC)co3)CC2)NC(c2nccs2)=NC1c1cccc(F)c1Cl. The molecule has 1 N–H and O–H groups in total. The maximum Gasteiger partial charge on any atom is 0.360 e. The van der Waals surface area contributed by atoms with Gasteiger partial charge in [0.25, 0.3) is 0 Å². The smallest absolute Gasteiger partial charge is 0.360 e. The summed E-state index contributed by atoms with van der Waals surface area (Å²) in [4.78, 5) is 38.4. The molecule has 1 aliphatic carbocycles. The Bertz CT molecular complexity index is 1410. The fraction of sp³-hybridized carbons (Fsp3) is 0.346. The summed E-state index contributed by atoms with van der Waals surface area (Å²) >= 11 is 7.76. The number of oxazole rings is 1. The first-order valence-electron chi connectivity index (χ1n) is 12.0. The number of benzene rings is 1. The number of ether oxygens (including phenoxy) is 2. The molecule has 0 radical (unpaired) electrons. The second kappa shape index (κ2) is 11.0. The number of hydrogen-bond acceptors (Lipinski definition) is 10. The van der Waals surface area contributed by atoms with Crippen molar-refractivity contribution in [2.45, 2.75) is 37.6 Å². The van der Waals surface area contributed by atoms with E-state index >= 15 is 0 Å². The molecule has 1 saturated carbocycles. The van der Waals surface area contributed by atoms with Crippen molar-refractivity contribution in [1.29, 1.82) is 0 Å². The third kappa shape index (κ3) is 4.95. The molecule has 1 fully saturated rings. The van der Waals surface area contributed by atoms with Crippen LogP contribution in [0.2, 0.25) is 5.02 Å². The highest BCUT2D eigenvalue weighted by Gasteiger charge is 2.38. The average molecular weight is 559 g/mol. The monoisotopic (exact) mass is 558 g/mol. The Hall–Kier alpha value is -3.57. The Kier molecular flexibility index (Phi) is 7.57. The lowest BCUT2D eigenvalue weighted by atomic mass is 9.78. The highest BCUT2D eigenvalue weighted by molar-refractivity contribution is 7.11. The number of aliphatic imine (C=N–C) groups is 1. The average Bonchev–Trinajstić information content (AvgIpc) is 3.66. The molecule has 5 rings (SSSR count). The van der Waals surface area contributed by atoms with Crippen LogP contribution in [0.4, 0.5) is 4.39 Å². The Balaban J connectivity index is 1.50. The van der Waals surface area contributed by atoms with Crippen molar-refractivity contribution in [3.05, 3.63) is 80.3 Å². The molecular formula is C26H24ClFN4O5S. The van der Waals surface area contributed by atoms with Gasteiger partial charge >= 0.3 is 11.9 Å². The van der Waals surface area contributed by atoms with Gasteiger partial charge in [-0.3, -0.25) is 4.99 Å². The number of amidine groups is 1. The van der Waals surface area contributed by atoms with Crippen molar-refractivity contribution < 1.29 is 27.9 Å². The summed E-state index contributed by atoms with van der Waals surface area (Å²) in [6.07, 6.45) is 5.77. The molecule has 9 nitrogen and oxygen atoms in total. The van der Waals surface area contributed by atoms with Crippen LogP contribution < -0.4 is 5.32 Å². The first-order valence-corrected chi connectivity index (χ1v) is 13.2. The molecule has 0 saturated heterocycles. The maximum atomic E-state index is 14.5. The molecule has 1 atom stereocenters. The summed E-state index contributed by atoms with van der Waals surface area (Å²) in [5.74, 6) is -0.812. The fourth-order valence-corrected chi connectivity index (χ4v) is 5.75. The van der Waals surface area contributed by atoms with Crippen LogP contribution in [-0.2, 0) is 14.3 Å². The third-order valence-corrected chi connectivity index (χ3v) is 7.97. The molecule has 1 unspecified atom stereocenters. The zero-order valence-corrected chi connectivity index (χ0v) is 22.1. The molecule has 2 aliphatic rings. The molecule has 0 bridgehead atoms. The molecule has 198 valence electrons. The summed E-state index contributed by atoms with van der Waals surface area (Å²) in [6, 6.07) is 3.57. The van der Waals surface area contributed by atoms with E-state index in [1.807, 2.05) is 5.38 Å². The predicted octanol–water partition coefficient (Wildman–Crippen LogP) is 5.20. The number of thiazole rings is 1. The highest BCUT2D eigenvalue weighted by Crippen LogP contribution is 2.43. The van der Waals surface area contributed by atoms with Gasteiger partial charge in [0.05, 0.1) is 24.8 Å². The largest absolute Gasteiger partial charge is 0.466 e. The summed E-state index contributed by atoms with van der Waals surface area (Å²) in [7, 11) is 2.59. The van der Waals surface area contributed by atoms with Gasteiger partial charge < -0.3 is 19.2 Å². The van der Waals surface area contributed by atoms with Crippen molar-refractivity contribution in [2.24, 2.45) is 10.9 Å². The first-order chi connectivity index (χ1) is 18.4. The second-order valence-corrected chi connectivity index (χ2v) is 10.2. The number of allylic oxidation sites excluding steroid dienone is 1. The topological polar surface area (TPSA) is 116 Å². The second-order valence-electron chi connectivity index (χ2n) is 8.92. The van der Waals surface area contributed by atoms with E-state index in [1.165, 1.54) is 44.0 Å². The van der Waals surface area contributed by atoms with E-state index in [-0.39, 0.29) is 28.1 Å². The molecule has 0 spiro atoms. The lowest BCUT2D eigenvalue weighted by Crippen LogP contribution is -2.37. The molecule has 0 amide bonds. The van der Waals surface area contributed by atoms with Gasteiger partial charge in [-0.1, -0.05) is 23.7 Å². The number of aromatic nitrogens is 2. The Labute approximate surface area is 226 Å². The van der Waals surface area contributed by atoms with Gasteiger partial charge in [0.2, 0.25) is 0 Å². The van der Waals surface area contributed by atoms with Crippen LogP contribution in [0.5, 0.6) is 0 Å². The first kappa shape index (κ1) is 26.1. The summed E-state index contributed by atoms with van der Waals surface area (Å²) in [5, 5.41) is 5.70. The minimum Gasteiger partial charge on any atom is -0.466 e. The minimum absolute atomic E-state index is 0.0102. The van der Waals surface area contributed by atoms with E-state index in [0.717, 1.165) is 0 Å². The van der Waals surface area contributed by atoms with E-state index in [1.54, 1.807) is 12.3 Å². The van der Waals surface area contributed by atoms with Crippen molar-refractivity contribution in [1.82, 2.24) is 15.3 Å². The number of nitrogens with one attached hydrogen (secondary N) is 1. The molecule has 3 aromatic rings. The number of carbonyl (C=O) groups is 2. The van der Waals surface area contributed by atoms with Crippen molar-refractivity contribution in [2.75, 3.05) is 14.2 Å². The molecule has 1 aliphatic heterocycles. The van der Waals surface area contributed by atoms with Gasteiger partial charge in [-0.15, -0.1) is 11.3 Å². The molecule has 3 heterocycles. The van der Waals surface area contributed by atoms with Gasteiger partial charge in [0.15, 0.2) is 22.4 Å². The normalized spacial score (nSPS) is 21.5. The van der Waals surface area contributed by atoms with Crippen LogP contribution in [-0.4, -0.2) is 42.0 Å². The molecular weight excluding hydrogens is 535 g/mol. The highest BCUT2D eigenvalue weighted by atomic mass is 35.5. The van der Waals surface area contributed by atoms with Crippen LogP contribution in [0.1, 0.15) is 64.6 Å². The fourth-order valence-electron chi connectivity index (χ4n) is 4.93.